The van der Waals surface area contributed by atoms with Gasteiger partial charge in [0.2, 0.25) is 0 Å². The second kappa shape index (κ2) is 8.30. The van der Waals surface area contributed by atoms with E-state index >= 15 is 0 Å². The number of terminal acetylenes is 1. The SMILES string of the molecule is C#Cc1ccc(-c2c(-c3ccc(Oc4nccc(C)n4)cc3)c3c(N)ncnc3n2C)c(C)n1. The Kier molecular flexibility index (Phi) is 5.15. The number of fused-ring (bicyclic) bond motifs is 1. The summed E-state index contributed by atoms with van der Waals surface area (Å²) in [4.78, 5) is 21.7. The molecule has 0 aliphatic heterocycles. The molecule has 0 bridgehead atoms. The maximum atomic E-state index is 6.34. The number of benzene rings is 1. The lowest BCUT2D eigenvalue weighted by molar-refractivity contribution is 0.440. The van der Waals surface area contributed by atoms with Crippen molar-refractivity contribution >= 4 is 16.9 Å². The molecule has 2 N–H and O–H groups in total. The van der Waals surface area contributed by atoms with Crippen molar-refractivity contribution in [1.29, 1.82) is 0 Å². The molecule has 5 rings (SSSR count). The molecule has 1 aromatic carbocycles. The smallest absolute Gasteiger partial charge is 0.322 e. The van der Waals surface area contributed by atoms with Crippen molar-refractivity contribution in [3.8, 4) is 46.5 Å². The number of pyridine rings is 1. The van der Waals surface area contributed by atoms with E-state index in [9.17, 15) is 0 Å². The minimum absolute atomic E-state index is 0.298. The van der Waals surface area contributed by atoms with Crippen LogP contribution in [0.15, 0.2) is 55.0 Å². The lowest BCUT2D eigenvalue weighted by atomic mass is 9.98. The molecule has 0 aliphatic rings. The minimum atomic E-state index is 0.298. The Balaban J connectivity index is 1.67. The summed E-state index contributed by atoms with van der Waals surface area (Å²) in [6, 6.07) is 13.6. The van der Waals surface area contributed by atoms with E-state index in [2.05, 4.69) is 30.8 Å². The molecule has 34 heavy (non-hydrogen) atoms. The van der Waals surface area contributed by atoms with Gasteiger partial charge in [-0.15, -0.1) is 6.42 Å². The van der Waals surface area contributed by atoms with Crippen molar-refractivity contribution in [2.24, 2.45) is 7.05 Å². The summed E-state index contributed by atoms with van der Waals surface area (Å²) in [5.74, 6) is 3.61. The molecule has 0 saturated carbocycles. The van der Waals surface area contributed by atoms with Gasteiger partial charge in [-0.2, -0.15) is 0 Å². The molecule has 0 amide bonds. The largest absolute Gasteiger partial charge is 0.424 e. The van der Waals surface area contributed by atoms with Crippen LogP contribution < -0.4 is 10.5 Å². The van der Waals surface area contributed by atoms with Gasteiger partial charge in [0.05, 0.1) is 11.1 Å². The maximum absolute atomic E-state index is 6.34. The van der Waals surface area contributed by atoms with Crippen LogP contribution in [-0.4, -0.2) is 29.5 Å². The normalized spacial score (nSPS) is 10.9. The van der Waals surface area contributed by atoms with Gasteiger partial charge in [-0.3, -0.25) is 0 Å². The number of aromatic nitrogens is 6. The lowest BCUT2D eigenvalue weighted by Crippen LogP contribution is -1.98. The molecule has 0 aliphatic carbocycles. The molecule has 0 spiro atoms. The van der Waals surface area contributed by atoms with Crippen LogP contribution in [0.3, 0.4) is 0 Å². The topological polar surface area (TPSA) is 105 Å². The van der Waals surface area contributed by atoms with Gasteiger partial charge in [-0.1, -0.05) is 18.1 Å². The zero-order valence-electron chi connectivity index (χ0n) is 18.9. The Hall–Kier alpha value is -4.77. The van der Waals surface area contributed by atoms with Gasteiger partial charge in [0.1, 0.15) is 29.2 Å². The Morgan fingerprint density at radius 1 is 0.971 bits per heavy atom. The number of aryl methyl sites for hydroxylation is 3. The zero-order chi connectivity index (χ0) is 23.8. The highest BCUT2D eigenvalue weighted by atomic mass is 16.5. The predicted molar refractivity (Wildman–Crippen MR) is 131 cm³/mol. The van der Waals surface area contributed by atoms with E-state index in [0.29, 0.717) is 23.3 Å². The predicted octanol–water partition coefficient (Wildman–Crippen LogP) is 4.46. The van der Waals surface area contributed by atoms with Crippen molar-refractivity contribution in [3.63, 3.8) is 0 Å². The summed E-state index contributed by atoms with van der Waals surface area (Å²) in [5, 5.41) is 0.774. The van der Waals surface area contributed by atoms with Crippen LogP contribution in [0, 0.1) is 26.2 Å². The fraction of sp³-hybridized carbons (Fsp3) is 0.115. The van der Waals surface area contributed by atoms with Gasteiger partial charge in [-0.05, 0) is 49.7 Å². The third kappa shape index (κ3) is 3.59. The Morgan fingerprint density at radius 2 is 1.76 bits per heavy atom. The number of rotatable bonds is 4. The molecule has 0 atom stereocenters. The first-order valence-electron chi connectivity index (χ1n) is 10.6. The van der Waals surface area contributed by atoms with Gasteiger partial charge in [0, 0.05) is 35.8 Å². The molecule has 0 fully saturated rings. The average Bonchev–Trinajstić information content (AvgIpc) is 3.13. The Labute approximate surface area is 196 Å². The third-order valence-corrected chi connectivity index (χ3v) is 5.61. The van der Waals surface area contributed by atoms with Gasteiger partial charge in [0.25, 0.3) is 0 Å². The van der Waals surface area contributed by atoms with Gasteiger partial charge < -0.3 is 15.0 Å². The number of anilines is 1. The van der Waals surface area contributed by atoms with Crippen LogP contribution in [0.1, 0.15) is 17.1 Å². The van der Waals surface area contributed by atoms with E-state index in [1.807, 2.05) is 67.9 Å². The van der Waals surface area contributed by atoms with Crippen molar-refractivity contribution < 1.29 is 4.74 Å². The number of nitrogen functional groups attached to an aromatic ring is 1. The van der Waals surface area contributed by atoms with Gasteiger partial charge in [-0.25, -0.2) is 24.9 Å². The second-order valence-corrected chi connectivity index (χ2v) is 7.82. The number of hydrogen-bond donors (Lipinski definition) is 1. The average molecular weight is 448 g/mol. The van der Waals surface area contributed by atoms with Crippen molar-refractivity contribution in [1.82, 2.24) is 29.5 Å². The van der Waals surface area contributed by atoms with Crippen molar-refractivity contribution in [2.75, 3.05) is 5.73 Å². The molecule has 0 saturated heterocycles. The molecular weight excluding hydrogens is 426 g/mol. The molecule has 0 unspecified atom stereocenters. The fourth-order valence-corrected chi connectivity index (χ4v) is 4.03. The van der Waals surface area contributed by atoms with Crippen LogP contribution in [0.4, 0.5) is 5.82 Å². The van der Waals surface area contributed by atoms with Crippen LogP contribution in [0.25, 0.3) is 33.4 Å². The number of nitrogens with zero attached hydrogens (tertiary/aromatic N) is 6. The highest BCUT2D eigenvalue weighted by Gasteiger charge is 2.23. The van der Waals surface area contributed by atoms with E-state index in [1.54, 1.807) is 6.20 Å². The van der Waals surface area contributed by atoms with Crippen LogP contribution in [-0.2, 0) is 7.05 Å². The molecule has 4 aromatic heterocycles. The summed E-state index contributed by atoms with van der Waals surface area (Å²) in [6.07, 6.45) is 8.68. The van der Waals surface area contributed by atoms with E-state index < -0.39 is 0 Å². The molecule has 8 nitrogen and oxygen atoms in total. The number of nitrogens with two attached hydrogens (primary N) is 1. The highest BCUT2D eigenvalue weighted by molar-refractivity contribution is 6.07. The van der Waals surface area contributed by atoms with E-state index in [-0.39, 0.29) is 0 Å². The quantitative estimate of drug-likeness (QED) is 0.406. The summed E-state index contributed by atoms with van der Waals surface area (Å²) < 4.78 is 7.83. The third-order valence-electron chi connectivity index (χ3n) is 5.61. The summed E-state index contributed by atoms with van der Waals surface area (Å²) in [7, 11) is 1.95. The van der Waals surface area contributed by atoms with Crippen molar-refractivity contribution in [2.45, 2.75) is 13.8 Å². The zero-order valence-corrected chi connectivity index (χ0v) is 18.9. The molecule has 0 radical (unpaired) electrons. The summed E-state index contributed by atoms with van der Waals surface area (Å²) >= 11 is 0. The lowest BCUT2D eigenvalue weighted by Gasteiger charge is -2.12. The Bertz CT molecular complexity index is 1580. The molecule has 5 aromatic rings. The van der Waals surface area contributed by atoms with E-state index in [1.165, 1.54) is 6.33 Å². The highest BCUT2D eigenvalue weighted by Crippen LogP contribution is 2.42. The van der Waals surface area contributed by atoms with Crippen molar-refractivity contribution in [3.05, 3.63) is 72.1 Å². The standard InChI is InChI=1S/C26H21N7O/c1-5-18-8-11-20(16(3)32-18)23-21(22-24(27)29-14-30-25(22)33(23)4)17-6-9-19(10-7-17)34-26-28-13-12-15(2)31-26/h1,6-14H,2-4H3,(H2,27,29,30). The minimum Gasteiger partial charge on any atom is -0.424 e. The first-order chi connectivity index (χ1) is 16.5. The monoisotopic (exact) mass is 447 g/mol. The molecule has 4 heterocycles. The molecule has 8 heteroatoms. The Morgan fingerprint density at radius 3 is 2.47 bits per heavy atom. The first kappa shape index (κ1) is 21.1. The first-order valence-corrected chi connectivity index (χ1v) is 10.6. The van der Waals surface area contributed by atoms with Crippen LogP contribution in [0.5, 0.6) is 11.8 Å². The van der Waals surface area contributed by atoms with Crippen LogP contribution in [0.2, 0.25) is 0 Å². The second-order valence-electron chi connectivity index (χ2n) is 7.82. The van der Waals surface area contributed by atoms with E-state index in [4.69, 9.17) is 16.9 Å². The molecule has 166 valence electrons. The number of ether oxygens (including phenoxy) is 1. The summed E-state index contributed by atoms with van der Waals surface area (Å²) in [5.41, 5.74) is 13.0. The van der Waals surface area contributed by atoms with E-state index in [0.717, 1.165) is 44.8 Å². The summed E-state index contributed by atoms with van der Waals surface area (Å²) in [6.45, 7) is 3.82. The van der Waals surface area contributed by atoms with Crippen LogP contribution >= 0.6 is 0 Å². The molecular formula is C26H21N7O. The number of hydrogen-bond acceptors (Lipinski definition) is 7. The van der Waals surface area contributed by atoms with Gasteiger partial charge in [0.15, 0.2) is 0 Å². The van der Waals surface area contributed by atoms with Gasteiger partial charge >= 0.3 is 6.01 Å². The maximum Gasteiger partial charge on any atom is 0.322 e. The fourth-order valence-electron chi connectivity index (χ4n) is 4.03.